The summed E-state index contributed by atoms with van der Waals surface area (Å²) < 4.78 is 5.23. The molecule has 1 aromatic rings. The molecule has 2 aliphatic carbocycles. The highest BCUT2D eigenvalue weighted by molar-refractivity contribution is 5.79. The topological polar surface area (TPSA) is 70.6 Å². The first-order chi connectivity index (χ1) is 16.6. The second-order valence-electron chi connectivity index (χ2n) is 10.8. The predicted molar refractivity (Wildman–Crippen MR) is 139 cm³/mol. The van der Waals surface area contributed by atoms with Crippen LogP contribution >= 0.6 is 0 Å². The maximum Gasteiger partial charge on any atom is 0.223 e. The molecule has 5 nitrogen and oxygen atoms in total. The Morgan fingerprint density at radius 2 is 1.85 bits per heavy atom. The van der Waals surface area contributed by atoms with Crippen molar-refractivity contribution in [2.75, 3.05) is 27.3 Å². The summed E-state index contributed by atoms with van der Waals surface area (Å²) in [5, 5.41) is 18.7. The zero-order chi connectivity index (χ0) is 24.2. The summed E-state index contributed by atoms with van der Waals surface area (Å²) in [5.74, 6) is 1.01. The van der Waals surface area contributed by atoms with Crippen LogP contribution in [0.5, 0.6) is 0 Å². The lowest BCUT2D eigenvalue weighted by molar-refractivity contribution is -0.129. The molecule has 192 valence electrons. The van der Waals surface area contributed by atoms with Gasteiger partial charge in [0.05, 0.1) is 5.60 Å². The second kappa shape index (κ2) is 14.2. The van der Waals surface area contributed by atoms with E-state index in [1.165, 1.54) is 32.1 Å². The summed E-state index contributed by atoms with van der Waals surface area (Å²) in [4.78, 5) is 13.4. The minimum Gasteiger partial charge on any atom is -0.385 e. The lowest BCUT2D eigenvalue weighted by Crippen LogP contribution is -2.47. The Labute approximate surface area is 207 Å². The van der Waals surface area contributed by atoms with Crippen molar-refractivity contribution in [2.24, 2.45) is 17.8 Å². The standard InChI is InChI=1S/C29H48N2O3/c1-30-22-27(20-23-12-5-3-6-13-23)31-28(32)24-14-11-17-26(21-24)29(33,18-9-10-19-34-2)25-15-7-4-8-16-25/h4,7-8,15-16,23-24,26-27,30,33H,3,5-6,9-14,17-22H2,1-2H3,(H,31,32)/t24?,26?,27-,29?/m0/s1. The lowest BCUT2D eigenvalue weighted by atomic mass is 9.68. The highest BCUT2D eigenvalue weighted by Gasteiger charge is 2.42. The van der Waals surface area contributed by atoms with Crippen molar-refractivity contribution < 1.29 is 14.6 Å². The smallest absolute Gasteiger partial charge is 0.223 e. The minimum atomic E-state index is -0.888. The van der Waals surface area contributed by atoms with E-state index in [0.29, 0.717) is 13.0 Å². The Bertz CT molecular complexity index is 707. The normalized spacial score (nSPS) is 24.3. The molecule has 0 aliphatic heterocycles. The van der Waals surface area contributed by atoms with Gasteiger partial charge in [-0.15, -0.1) is 0 Å². The van der Waals surface area contributed by atoms with Gasteiger partial charge in [-0.05, 0) is 69.4 Å². The van der Waals surface area contributed by atoms with E-state index in [9.17, 15) is 9.90 Å². The number of likely N-dealkylation sites (N-methyl/N-ethyl adjacent to an activating group) is 1. The molecule has 2 aliphatic rings. The van der Waals surface area contributed by atoms with Crippen LogP contribution in [0, 0.1) is 17.8 Å². The number of aliphatic hydroxyl groups is 1. The lowest BCUT2D eigenvalue weighted by Gasteiger charge is -2.41. The van der Waals surface area contributed by atoms with Crippen LogP contribution < -0.4 is 10.6 Å². The Kier molecular flexibility index (Phi) is 11.4. The molecular formula is C29H48N2O3. The highest BCUT2D eigenvalue weighted by atomic mass is 16.5. The Hall–Kier alpha value is -1.43. The number of carbonyl (C=O) groups is 1. The molecule has 0 saturated heterocycles. The largest absolute Gasteiger partial charge is 0.385 e. The van der Waals surface area contributed by atoms with E-state index >= 15 is 0 Å². The van der Waals surface area contributed by atoms with E-state index < -0.39 is 5.60 Å². The van der Waals surface area contributed by atoms with Gasteiger partial charge in [0.15, 0.2) is 0 Å². The fourth-order valence-corrected chi connectivity index (χ4v) is 6.40. The number of hydrogen-bond acceptors (Lipinski definition) is 4. The first kappa shape index (κ1) is 27.2. The van der Waals surface area contributed by atoms with Crippen LogP contribution in [0.4, 0.5) is 0 Å². The van der Waals surface area contributed by atoms with E-state index in [1.54, 1.807) is 7.11 Å². The van der Waals surface area contributed by atoms with Gasteiger partial charge in [0, 0.05) is 32.2 Å². The third kappa shape index (κ3) is 7.79. The van der Waals surface area contributed by atoms with Crippen molar-refractivity contribution in [1.29, 1.82) is 0 Å². The van der Waals surface area contributed by atoms with Crippen LogP contribution in [0.3, 0.4) is 0 Å². The van der Waals surface area contributed by atoms with Gasteiger partial charge < -0.3 is 20.5 Å². The Morgan fingerprint density at radius 3 is 2.56 bits per heavy atom. The molecule has 4 atom stereocenters. The molecule has 0 bridgehead atoms. The van der Waals surface area contributed by atoms with Gasteiger partial charge in [-0.1, -0.05) is 68.9 Å². The van der Waals surface area contributed by atoms with Crippen molar-refractivity contribution >= 4 is 5.91 Å². The number of rotatable bonds is 13. The fourth-order valence-electron chi connectivity index (χ4n) is 6.40. The molecule has 3 unspecified atom stereocenters. The minimum absolute atomic E-state index is 0.0151. The maximum atomic E-state index is 13.4. The van der Waals surface area contributed by atoms with Crippen molar-refractivity contribution in [2.45, 2.75) is 95.1 Å². The van der Waals surface area contributed by atoms with Gasteiger partial charge in [-0.25, -0.2) is 0 Å². The molecule has 1 amide bonds. The average molecular weight is 473 g/mol. The molecule has 3 N–H and O–H groups in total. The van der Waals surface area contributed by atoms with Crippen molar-refractivity contribution in [3.05, 3.63) is 35.9 Å². The van der Waals surface area contributed by atoms with Crippen LogP contribution in [0.2, 0.25) is 0 Å². The molecule has 34 heavy (non-hydrogen) atoms. The van der Waals surface area contributed by atoms with E-state index in [4.69, 9.17) is 4.74 Å². The molecule has 0 heterocycles. The molecule has 2 saturated carbocycles. The number of ether oxygens (including phenoxy) is 1. The quantitative estimate of drug-likeness (QED) is 0.346. The van der Waals surface area contributed by atoms with Gasteiger partial charge >= 0.3 is 0 Å². The van der Waals surface area contributed by atoms with Gasteiger partial charge in [0.2, 0.25) is 5.91 Å². The number of carbonyl (C=O) groups excluding carboxylic acids is 1. The molecule has 2 fully saturated rings. The third-order valence-electron chi connectivity index (χ3n) is 8.29. The van der Waals surface area contributed by atoms with Crippen molar-refractivity contribution in [1.82, 2.24) is 10.6 Å². The molecule has 1 aromatic carbocycles. The number of amides is 1. The number of methoxy groups -OCH3 is 1. The summed E-state index contributed by atoms with van der Waals surface area (Å²) >= 11 is 0. The number of unbranched alkanes of at least 4 members (excludes halogenated alkanes) is 1. The van der Waals surface area contributed by atoms with Crippen molar-refractivity contribution in [3.63, 3.8) is 0 Å². The van der Waals surface area contributed by atoms with Crippen molar-refractivity contribution in [3.8, 4) is 0 Å². The molecule has 0 radical (unpaired) electrons. The molecule has 3 rings (SSSR count). The number of nitrogens with one attached hydrogen (secondary N) is 2. The van der Waals surface area contributed by atoms with Gasteiger partial charge in [0.1, 0.15) is 0 Å². The van der Waals surface area contributed by atoms with Gasteiger partial charge in [0.25, 0.3) is 0 Å². The first-order valence-electron chi connectivity index (χ1n) is 13.8. The predicted octanol–water partition coefficient (Wildman–Crippen LogP) is 5.17. The maximum absolute atomic E-state index is 13.4. The number of benzene rings is 1. The van der Waals surface area contributed by atoms with E-state index in [2.05, 4.69) is 10.6 Å². The van der Waals surface area contributed by atoms with E-state index in [-0.39, 0.29) is 23.8 Å². The summed E-state index contributed by atoms with van der Waals surface area (Å²) in [6.07, 6.45) is 13.9. The monoisotopic (exact) mass is 472 g/mol. The van der Waals surface area contributed by atoms with Crippen LogP contribution in [-0.2, 0) is 15.1 Å². The van der Waals surface area contributed by atoms with Crippen LogP contribution in [0.15, 0.2) is 30.3 Å². The molecule has 0 aromatic heterocycles. The zero-order valence-corrected chi connectivity index (χ0v) is 21.6. The number of hydrogen-bond donors (Lipinski definition) is 3. The SMILES string of the molecule is CNC[C@H](CC1CCCCC1)NC(=O)C1CCCC(C(O)(CCCCOC)c2ccccc2)C1. The van der Waals surface area contributed by atoms with Crippen LogP contribution in [-0.4, -0.2) is 44.4 Å². The molecule has 0 spiro atoms. The van der Waals surface area contributed by atoms with E-state index in [0.717, 1.165) is 63.0 Å². The van der Waals surface area contributed by atoms with E-state index in [1.807, 2.05) is 37.4 Å². The van der Waals surface area contributed by atoms with Crippen LogP contribution in [0.1, 0.15) is 89.0 Å². The summed E-state index contributed by atoms with van der Waals surface area (Å²) in [7, 11) is 3.70. The molecular weight excluding hydrogens is 424 g/mol. The highest BCUT2D eigenvalue weighted by Crippen LogP contribution is 2.44. The first-order valence-corrected chi connectivity index (χ1v) is 13.8. The zero-order valence-electron chi connectivity index (χ0n) is 21.6. The average Bonchev–Trinajstić information content (AvgIpc) is 2.88. The Balaban J connectivity index is 1.64. The fraction of sp³-hybridized carbons (Fsp3) is 0.759. The second-order valence-corrected chi connectivity index (χ2v) is 10.8. The third-order valence-corrected chi connectivity index (χ3v) is 8.29. The summed E-state index contributed by atoms with van der Waals surface area (Å²) in [6, 6.07) is 10.3. The molecule has 5 heteroatoms. The van der Waals surface area contributed by atoms with Gasteiger partial charge in [-0.3, -0.25) is 4.79 Å². The summed E-state index contributed by atoms with van der Waals surface area (Å²) in [5.41, 5.74) is 0.101. The van der Waals surface area contributed by atoms with Gasteiger partial charge in [-0.2, -0.15) is 0 Å². The Morgan fingerprint density at radius 1 is 1.09 bits per heavy atom. The van der Waals surface area contributed by atoms with Crippen LogP contribution in [0.25, 0.3) is 0 Å². The summed E-state index contributed by atoms with van der Waals surface area (Å²) in [6.45, 7) is 1.54.